The number of nitrogens with one attached hydrogen (secondary N) is 2. The molecule has 3 rings (SSSR count). The van der Waals surface area contributed by atoms with Gasteiger partial charge >= 0.3 is 0 Å². The molecule has 0 radical (unpaired) electrons. The fourth-order valence-corrected chi connectivity index (χ4v) is 3.03. The molecule has 1 saturated heterocycles. The van der Waals surface area contributed by atoms with Crippen molar-refractivity contribution in [3.63, 3.8) is 0 Å². The van der Waals surface area contributed by atoms with Gasteiger partial charge in [-0.15, -0.1) is 0 Å². The summed E-state index contributed by atoms with van der Waals surface area (Å²) in [4.78, 5) is 0. The van der Waals surface area contributed by atoms with Gasteiger partial charge in [-0.3, -0.25) is 5.10 Å². The molecule has 0 amide bonds. The quantitative estimate of drug-likeness (QED) is 0.752. The molecule has 0 bridgehead atoms. The lowest BCUT2D eigenvalue weighted by Gasteiger charge is -2.30. The molecule has 0 saturated carbocycles. The van der Waals surface area contributed by atoms with Crippen LogP contribution in [0.3, 0.4) is 0 Å². The van der Waals surface area contributed by atoms with Crippen LogP contribution >= 0.6 is 0 Å². The number of nitrogens with zero attached hydrogens (tertiary/aromatic N) is 1. The van der Waals surface area contributed by atoms with Crippen molar-refractivity contribution in [2.75, 3.05) is 13.1 Å². The fraction of sp³-hybridized carbons (Fsp3) is 0.500. The van der Waals surface area contributed by atoms with E-state index in [4.69, 9.17) is 5.73 Å². The maximum absolute atomic E-state index is 5.78. The highest BCUT2D eigenvalue weighted by Gasteiger charge is 2.23. The molecule has 4 heteroatoms. The SMILES string of the molecule is Cc1cc2cn[nH]c2cc1C1CCNC(CN)C1. The number of nitrogens with two attached hydrogens (primary N) is 1. The number of fused-ring (bicyclic) bond motifs is 1. The van der Waals surface area contributed by atoms with Crippen LogP contribution in [0.5, 0.6) is 0 Å². The minimum atomic E-state index is 0.459. The summed E-state index contributed by atoms with van der Waals surface area (Å²) in [5.41, 5.74) is 9.73. The Kier molecular flexibility index (Phi) is 3.06. The molecule has 1 aromatic carbocycles. The van der Waals surface area contributed by atoms with E-state index in [0.29, 0.717) is 12.0 Å². The van der Waals surface area contributed by atoms with Crippen LogP contribution in [0.4, 0.5) is 0 Å². The molecule has 1 fully saturated rings. The molecule has 4 nitrogen and oxygen atoms in total. The largest absolute Gasteiger partial charge is 0.329 e. The summed E-state index contributed by atoms with van der Waals surface area (Å²) in [5, 5.41) is 11.8. The van der Waals surface area contributed by atoms with E-state index in [1.54, 1.807) is 0 Å². The molecule has 4 N–H and O–H groups in total. The summed E-state index contributed by atoms with van der Waals surface area (Å²) in [7, 11) is 0. The van der Waals surface area contributed by atoms with E-state index in [1.807, 2.05) is 6.20 Å². The normalized spacial score (nSPS) is 24.6. The van der Waals surface area contributed by atoms with Crippen LogP contribution in [0.15, 0.2) is 18.3 Å². The zero-order valence-electron chi connectivity index (χ0n) is 10.7. The van der Waals surface area contributed by atoms with E-state index >= 15 is 0 Å². The number of hydrogen-bond acceptors (Lipinski definition) is 3. The molecule has 1 aromatic heterocycles. The second-order valence-corrected chi connectivity index (χ2v) is 5.27. The van der Waals surface area contributed by atoms with Crippen molar-refractivity contribution in [2.24, 2.45) is 5.73 Å². The van der Waals surface area contributed by atoms with E-state index < -0.39 is 0 Å². The molecule has 2 heterocycles. The van der Waals surface area contributed by atoms with Gasteiger partial charge in [0.2, 0.25) is 0 Å². The number of hydrogen-bond donors (Lipinski definition) is 3. The van der Waals surface area contributed by atoms with Crippen molar-refractivity contribution in [3.05, 3.63) is 29.5 Å². The van der Waals surface area contributed by atoms with Crippen molar-refractivity contribution >= 4 is 10.9 Å². The van der Waals surface area contributed by atoms with Gasteiger partial charge in [0.15, 0.2) is 0 Å². The minimum absolute atomic E-state index is 0.459. The molecule has 1 aliphatic heterocycles. The molecule has 2 unspecified atom stereocenters. The first-order valence-electron chi connectivity index (χ1n) is 6.65. The van der Waals surface area contributed by atoms with Gasteiger partial charge in [-0.25, -0.2) is 0 Å². The van der Waals surface area contributed by atoms with Crippen LogP contribution < -0.4 is 11.1 Å². The highest BCUT2D eigenvalue weighted by Crippen LogP contribution is 2.31. The van der Waals surface area contributed by atoms with Crippen LogP contribution in [0.1, 0.15) is 29.9 Å². The van der Waals surface area contributed by atoms with E-state index in [9.17, 15) is 0 Å². The van der Waals surface area contributed by atoms with Gasteiger partial charge < -0.3 is 11.1 Å². The molecule has 2 aromatic rings. The molecule has 2 atom stereocenters. The summed E-state index contributed by atoms with van der Waals surface area (Å²) >= 11 is 0. The predicted octanol–water partition coefficient (Wildman–Crippen LogP) is 1.67. The Balaban J connectivity index is 1.94. The summed E-state index contributed by atoms with van der Waals surface area (Å²) in [6.07, 6.45) is 4.21. The van der Waals surface area contributed by atoms with Crippen LogP contribution in [0.25, 0.3) is 10.9 Å². The smallest absolute Gasteiger partial charge is 0.0653 e. The molecule has 96 valence electrons. The maximum Gasteiger partial charge on any atom is 0.0653 e. The summed E-state index contributed by atoms with van der Waals surface area (Å²) in [6.45, 7) is 3.98. The van der Waals surface area contributed by atoms with Crippen LogP contribution in [0.2, 0.25) is 0 Å². The topological polar surface area (TPSA) is 66.7 Å². The van der Waals surface area contributed by atoms with Crippen molar-refractivity contribution < 1.29 is 0 Å². The van der Waals surface area contributed by atoms with E-state index in [2.05, 4.69) is 34.6 Å². The maximum atomic E-state index is 5.78. The first kappa shape index (κ1) is 11.7. The second kappa shape index (κ2) is 4.71. The lowest BCUT2D eigenvalue weighted by Crippen LogP contribution is -2.42. The summed E-state index contributed by atoms with van der Waals surface area (Å²) < 4.78 is 0. The van der Waals surface area contributed by atoms with E-state index in [-0.39, 0.29) is 0 Å². The van der Waals surface area contributed by atoms with Crippen molar-refractivity contribution in [1.82, 2.24) is 15.5 Å². The lowest BCUT2D eigenvalue weighted by molar-refractivity contribution is 0.367. The molecule has 0 spiro atoms. The van der Waals surface area contributed by atoms with Gasteiger partial charge in [0.05, 0.1) is 11.7 Å². The van der Waals surface area contributed by atoms with Gasteiger partial charge in [0.1, 0.15) is 0 Å². The van der Waals surface area contributed by atoms with Gasteiger partial charge in [-0.1, -0.05) is 0 Å². The second-order valence-electron chi connectivity index (χ2n) is 5.27. The Morgan fingerprint density at radius 3 is 3.17 bits per heavy atom. The number of rotatable bonds is 2. The number of benzene rings is 1. The van der Waals surface area contributed by atoms with Gasteiger partial charge in [-0.2, -0.15) is 5.10 Å². The van der Waals surface area contributed by atoms with Crippen LogP contribution in [-0.2, 0) is 0 Å². The molecular weight excluding hydrogens is 224 g/mol. The lowest BCUT2D eigenvalue weighted by atomic mass is 9.84. The molecule has 0 aliphatic carbocycles. The Morgan fingerprint density at radius 2 is 2.33 bits per heavy atom. The first-order chi connectivity index (χ1) is 8.78. The highest BCUT2D eigenvalue weighted by atomic mass is 15.1. The number of piperidine rings is 1. The van der Waals surface area contributed by atoms with Crippen molar-refractivity contribution in [3.8, 4) is 0 Å². The Hall–Kier alpha value is -1.39. The van der Waals surface area contributed by atoms with Crippen molar-refractivity contribution in [1.29, 1.82) is 0 Å². The third-order valence-electron chi connectivity index (χ3n) is 4.05. The Bertz CT molecular complexity index is 546. The first-order valence-corrected chi connectivity index (χ1v) is 6.65. The van der Waals surface area contributed by atoms with Gasteiger partial charge in [-0.05, 0) is 55.5 Å². The summed E-state index contributed by atoms with van der Waals surface area (Å²) in [5.74, 6) is 0.618. The number of aromatic nitrogens is 2. The third kappa shape index (κ3) is 2.02. The van der Waals surface area contributed by atoms with Crippen LogP contribution in [-0.4, -0.2) is 29.3 Å². The molecule has 1 aliphatic rings. The zero-order valence-corrected chi connectivity index (χ0v) is 10.7. The van der Waals surface area contributed by atoms with E-state index in [0.717, 1.165) is 25.0 Å². The van der Waals surface area contributed by atoms with Gasteiger partial charge in [0.25, 0.3) is 0 Å². The minimum Gasteiger partial charge on any atom is -0.329 e. The number of H-pyrrole nitrogens is 1. The zero-order chi connectivity index (χ0) is 12.5. The number of aromatic amines is 1. The van der Waals surface area contributed by atoms with Crippen molar-refractivity contribution in [2.45, 2.75) is 31.7 Å². The summed E-state index contributed by atoms with van der Waals surface area (Å²) in [6, 6.07) is 4.95. The van der Waals surface area contributed by atoms with E-state index in [1.165, 1.54) is 22.9 Å². The standard InChI is InChI=1S/C14H20N4/c1-9-4-11-8-17-18-14(11)6-13(9)10-2-3-16-12(5-10)7-15/h4,6,8,10,12,16H,2-3,5,7,15H2,1H3,(H,17,18). The predicted molar refractivity (Wildman–Crippen MR) is 73.7 cm³/mol. The van der Waals surface area contributed by atoms with Gasteiger partial charge in [0, 0.05) is 18.0 Å². The Labute approximate surface area is 107 Å². The molecular formula is C14H20N4. The molecule has 18 heavy (non-hydrogen) atoms. The fourth-order valence-electron chi connectivity index (χ4n) is 3.03. The highest BCUT2D eigenvalue weighted by molar-refractivity contribution is 5.79. The Morgan fingerprint density at radius 1 is 1.44 bits per heavy atom. The van der Waals surface area contributed by atoms with Crippen LogP contribution in [0, 0.1) is 6.92 Å². The average Bonchev–Trinajstić information content (AvgIpc) is 2.85. The number of aryl methyl sites for hydroxylation is 1. The third-order valence-corrected chi connectivity index (χ3v) is 4.05. The average molecular weight is 244 g/mol. The monoisotopic (exact) mass is 244 g/mol.